The summed E-state index contributed by atoms with van der Waals surface area (Å²) in [6.07, 6.45) is 3.71. The highest BCUT2D eigenvalue weighted by molar-refractivity contribution is 5.91. The second-order valence-corrected chi connectivity index (χ2v) is 8.50. The lowest BCUT2D eigenvalue weighted by Crippen LogP contribution is -2.49. The number of fused-ring (bicyclic) bond motifs is 1. The Bertz CT molecular complexity index is 984. The highest BCUT2D eigenvalue weighted by Gasteiger charge is 2.38. The Morgan fingerprint density at radius 1 is 1.13 bits per heavy atom. The lowest BCUT2D eigenvalue weighted by Gasteiger charge is -2.34. The van der Waals surface area contributed by atoms with Gasteiger partial charge in [0.15, 0.2) is 0 Å². The van der Waals surface area contributed by atoms with Crippen LogP contribution in [0.4, 0.5) is 0 Å². The summed E-state index contributed by atoms with van der Waals surface area (Å²) >= 11 is 0. The Morgan fingerprint density at radius 2 is 1.87 bits per heavy atom. The van der Waals surface area contributed by atoms with Crippen molar-refractivity contribution in [3.05, 3.63) is 42.0 Å². The number of ether oxygens (including phenoxy) is 1. The number of nitrogens with zero attached hydrogens (tertiary/aromatic N) is 2. The summed E-state index contributed by atoms with van der Waals surface area (Å²) in [5, 5.41) is 5.35. The number of carbonyl (C=O) groups excluding carboxylic acids is 3. The van der Waals surface area contributed by atoms with E-state index in [1.54, 1.807) is 12.0 Å². The molecular formula is C24H29N3O4. The van der Waals surface area contributed by atoms with E-state index in [9.17, 15) is 14.4 Å². The van der Waals surface area contributed by atoms with Crippen molar-refractivity contribution in [3.8, 4) is 5.75 Å². The minimum absolute atomic E-state index is 0.0462. The lowest BCUT2D eigenvalue weighted by atomic mass is 9.83. The van der Waals surface area contributed by atoms with Crippen LogP contribution in [-0.4, -0.2) is 66.9 Å². The number of nitrogens with one attached hydrogen (secondary N) is 1. The predicted molar refractivity (Wildman–Crippen MR) is 118 cm³/mol. The molecule has 1 atom stereocenters. The van der Waals surface area contributed by atoms with E-state index < -0.39 is 5.54 Å². The van der Waals surface area contributed by atoms with Crippen molar-refractivity contribution in [2.75, 3.05) is 33.3 Å². The summed E-state index contributed by atoms with van der Waals surface area (Å²) in [7, 11) is 1.67. The molecule has 7 nitrogen and oxygen atoms in total. The Kier molecular flexibility index (Phi) is 6.11. The Labute approximate surface area is 182 Å². The van der Waals surface area contributed by atoms with Gasteiger partial charge in [-0.3, -0.25) is 14.4 Å². The van der Waals surface area contributed by atoms with Crippen LogP contribution in [0.3, 0.4) is 0 Å². The lowest BCUT2D eigenvalue weighted by molar-refractivity contribution is -0.135. The van der Waals surface area contributed by atoms with Gasteiger partial charge in [-0.2, -0.15) is 0 Å². The molecule has 4 rings (SSSR count). The molecule has 0 spiro atoms. The Balaban J connectivity index is 1.50. The first-order valence-corrected chi connectivity index (χ1v) is 10.9. The fourth-order valence-electron chi connectivity index (χ4n) is 4.79. The van der Waals surface area contributed by atoms with E-state index in [1.165, 1.54) is 0 Å². The molecule has 2 aliphatic rings. The summed E-state index contributed by atoms with van der Waals surface area (Å²) in [5.41, 5.74) is 0.722. The molecule has 2 aromatic rings. The largest absolute Gasteiger partial charge is 0.496 e. The second kappa shape index (κ2) is 8.96. The number of hydrogen-bond acceptors (Lipinski definition) is 4. The van der Waals surface area contributed by atoms with Crippen LogP contribution in [0, 0.1) is 0 Å². The second-order valence-electron chi connectivity index (χ2n) is 8.50. The van der Waals surface area contributed by atoms with Crippen LogP contribution in [0.2, 0.25) is 0 Å². The standard InChI is InChI=1S/C24H29N3O4/c1-31-21-7-6-18(19-4-2-3-5-20(19)21)16-24(10-8-22(29)25-24)11-9-23(30)27-14-12-26(17-28)13-15-27/h2-7,17H,8-16H2,1H3,(H,25,29)/t24-/m1/s1. The molecule has 2 saturated heterocycles. The number of benzene rings is 2. The van der Waals surface area contributed by atoms with E-state index in [2.05, 4.69) is 17.4 Å². The molecule has 0 radical (unpaired) electrons. The monoisotopic (exact) mass is 423 g/mol. The van der Waals surface area contributed by atoms with E-state index in [4.69, 9.17) is 4.74 Å². The molecule has 164 valence electrons. The molecule has 7 heteroatoms. The molecule has 31 heavy (non-hydrogen) atoms. The van der Waals surface area contributed by atoms with Crippen molar-refractivity contribution in [2.45, 2.75) is 37.6 Å². The number of rotatable bonds is 7. The Morgan fingerprint density at radius 3 is 2.52 bits per heavy atom. The summed E-state index contributed by atoms with van der Waals surface area (Å²) < 4.78 is 5.51. The topological polar surface area (TPSA) is 79.0 Å². The van der Waals surface area contributed by atoms with Gasteiger partial charge in [0.1, 0.15) is 5.75 Å². The summed E-state index contributed by atoms with van der Waals surface area (Å²) in [5.74, 6) is 0.962. The first-order valence-electron chi connectivity index (χ1n) is 10.9. The fourth-order valence-corrected chi connectivity index (χ4v) is 4.79. The van der Waals surface area contributed by atoms with Crippen molar-refractivity contribution < 1.29 is 19.1 Å². The molecule has 2 aromatic carbocycles. The molecule has 2 heterocycles. The molecule has 2 aliphatic heterocycles. The molecule has 0 bridgehead atoms. The SMILES string of the molecule is COc1ccc(C[C@]2(CCC(=O)N3CCN(C=O)CC3)CCC(=O)N2)c2ccccc12. The average Bonchev–Trinajstić information content (AvgIpc) is 3.18. The zero-order valence-electron chi connectivity index (χ0n) is 17.9. The number of carbonyl (C=O) groups is 3. The van der Waals surface area contributed by atoms with E-state index >= 15 is 0 Å². The van der Waals surface area contributed by atoms with Gasteiger partial charge in [-0.25, -0.2) is 0 Å². The van der Waals surface area contributed by atoms with Gasteiger partial charge in [-0.15, -0.1) is 0 Å². The molecule has 1 N–H and O–H groups in total. The van der Waals surface area contributed by atoms with Crippen LogP contribution in [0.1, 0.15) is 31.2 Å². The molecule has 0 unspecified atom stereocenters. The van der Waals surface area contributed by atoms with E-state index in [1.807, 2.05) is 29.2 Å². The van der Waals surface area contributed by atoms with Crippen molar-refractivity contribution in [2.24, 2.45) is 0 Å². The fraction of sp³-hybridized carbons (Fsp3) is 0.458. The van der Waals surface area contributed by atoms with Gasteiger partial charge in [0, 0.05) is 49.9 Å². The zero-order chi connectivity index (χ0) is 21.8. The van der Waals surface area contributed by atoms with Crippen molar-refractivity contribution in [1.82, 2.24) is 15.1 Å². The maximum absolute atomic E-state index is 12.8. The van der Waals surface area contributed by atoms with Crippen molar-refractivity contribution >= 4 is 29.0 Å². The molecule has 0 aromatic heterocycles. The van der Waals surface area contributed by atoms with Crippen LogP contribution in [-0.2, 0) is 20.8 Å². The maximum atomic E-state index is 12.8. The normalized spacial score (nSPS) is 21.3. The quantitative estimate of drug-likeness (QED) is 0.692. The van der Waals surface area contributed by atoms with Gasteiger partial charge < -0.3 is 19.9 Å². The Hall–Kier alpha value is -3.09. The van der Waals surface area contributed by atoms with Gasteiger partial charge in [-0.1, -0.05) is 30.3 Å². The molecule has 2 fully saturated rings. The van der Waals surface area contributed by atoms with Gasteiger partial charge >= 0.3 is 0 Å². The van der Waals surface area contributed by atoms with Gasteiger partial charge in [0.05, 0.1) is 7.11 Å². The molecule has 3 amide bonds. The third-order valence-corrected chi connectivity index (χ3v) is 6.59. The first kappa shape index (κ1) is 21.2. The third-order valence-electron chi connectivity index (χ3n) is 6.59. The van der Waals surface area contributed by atoms with E-state index in [0.717, 1.165) is 34.9 Å². The number of hydrogen-bond donors (Lipinski definition) is 1. The van der Waals surface area contributed by atoms with Crippen LogP contribution in [0.5, 0.6) is 5.75 Å². The third kappa shape index (κ3) is 4.50. The summed E-state index contributed by atoms with van der Waals surface area (Å²) in [6.45, 7) is 2.30. The minimum Gasteiger partial charge on any atom is -0.496 e. The molecular weight excluding hydrogens is 394 g/mol. The minimum atomic E-state index is -0.422. The molecule has 0 saturated carbocycles. The van der Waals surface area contributed by atoms with Crippen LogP contribution in [0.15, 0.2) is 36.4 Å². The first-order chi connectivity index (χ1) is 15.0. The van der Waals surface area contributed by atoms with Gasteiger partial charge in [0.2, 0.25) is 18.2 Å². The maximum Gasteiger partial charge on any atom is 0.222 e. The van der Waals surface area contributed by atoms with Gasteiger partial charge in [-0.05, 0) is 36.3 Å². The highest BCUT2D eigenvalue weighted by Crippen LogP contribution is 2.35. The highest BCUT2D eigenvalue weighted by atomic mass is 16.5. The van der Waals surface area contributed by atoms with Crippen LogP contribution < -0.4 is 10.1 Å². The summed E-state index contributed by atoms with van der Waals surface area (Å²) in [4.78, 5) is 39.4. The number of piperazine rings is 1. The van der Waals surface area contributed by atoms with Crippen molar-refractivity contribution in [3.63, 3.8) is 0 Å². The summed E-state index contributed by atoms with van der Waals surface area (Å²) in [6, 6.07) is 12.2. The average molecular weight is 424 g/mol. The van der Waals surface area contributed by atoms with E-state index in [0.29, 0.717) is 51.9 Å². The van der Waals surface area contributed by atoms with Crippen LogP contribution >= 0.6 is 0 Å². The smallest absolute Gasteiger partial charge is 0.222 e. The number of amides is 3. The molecule has 0 aliphatic carbocycles. The van der Waals surface area contributed by atoms with Gasteiger partial charge in [0.25, 0.3) is 0 Å². The van der Waals surface area contributed by atoms with E-state index in [-0.39, 0.29) is 11.8 Å². The predicted octanol–water partition coefficient (Wildman–Crippen LogP) is 2.12. The number of methoxy groups -OCH3 is 1. The van der Waals surface area contributed by atoms with Crippen molar-refractivity contribution in [1.29, 1.82) is 0 Å². The zero-order valence-corrected chi connectivity index (χ0v) is 17.9. The van der Waals surface area contributed by atoms with Crippen LogP contribution in [0.25, 0.3) is 10.8 Å².